The Morgan fingerprint density at radius 1 is 1.00 bits per heavy atom. The van der Waals surface area contributed by atoms with Crippen molar-refractivity contribution in [1.82, 2.24) is 25.2 Å². The number of aromatic nitrogens is 4. The largest absolute Gasteiger partial charge is 0.361 e. The van der Waals surface area contributed by atoms with Crippen LogP contribution in [-0.2, 0) is 25.9 Å². The Balaban J connectivity index is 1.27. The van der Waals surface area contributed by atoms with Gasteiger partial charge in [0.25, 0.3) is 0 Å². The summed E-state index contributed by atoms with van der Waals surface area (Å²) in [6, 6.07) is 6.12. The van der Waals surface area contributed by atoms with Gasteiger partial charge in [0.05, 0.1) is 17.9 Å². The summed E-state index contributed by atoms with van der Waals surface area (Å²) in [5.74, 6) is 4.17. The molecule has 2 aromatic heterocycles. The van der Waals surface area contributed by atoms with E-state index >= 15 is 0 Å². The van der Waals surface area contributed by atoms with E-state index in [2.05, 4.69) is 31.3 Å². The van der Waals surface area contributed by atoms with Gasteiger partial charge in [-0.2, -0.15) is 0 Å². The van der Waals surface area contributed by atoms with Gasteiger partial charge in [-0.1, -0.05) is 16.8 Å². The SMILES string of the molecule is Clc1ccc2c(c1)CNCc1nnc([C@H]3CC[C@@H](c4noc5c4CCCC5)CC3)n1-2. The van der Waals surface area contributed by atoms with Crippen LogP contribution in [0.25, 0.3) is 5.69 Å². The first kappa shape index (κ1) is 18.6. The molecule has 0 radical (unpaired) electrons. The molecule has 3 aliphatic rings. The summed E-state index contributed by atoms with van der Waals surface area (Å²) in [7, 11) is 0. The van der Waals surface area contributed by atoms with Crippen molar-refractivity contribution in [2.75, 3.05) is 0 Å². The lowest BCUT2D eigenvalue weighted by molar-refractivity contribution is 0.341. The third kappa shape index (κ3) is 3.08. The van der Waals surface area contributed by atoms with E-state index in [0.29, 0.717) is 11.8 Å². The zero-order valence-electron chi connectivity index (χ0n) is 17.0. The standard InChI is InChI=1S/C23H26ClN5O/c24-17-9-10-19-16(11-17)12-25-13-21-26-27-23(29(19)21)15-7-5-14(6-8-15)22-18-3-1-2-4-20(18)30-28-22/h9-11,14-15,25H,1-8,12-13H2/t14-,15+. The van der Waals surface area contributed by atoms with E-state index in [1.165, 1.54) is 29.7 Å². The first-order chi connectivity index (χ1) is 14.8. The van der Waals surface area contributed by atoms with Gasteiger partial charge in [-0.3, -0.25) is 4.57 Å². The number of hydrogen-bond donors (Lipinski definition) is 1. The van der Waals surface area contributed by atoms with E-state index in [1.54, 1.807) is 0 Å². The Labute approximate surface area is 181 Å². The molecule has 7 heteroatoms. The van der Waals surface area contributed by atoms with Crippen LogP contribution in [-0.4, -0.2) is 19.9 Å². The minimum atomic E-state index is 0.423. The monoisotopic (exact) mass is 423 g/mol. The first-order valence-corrected chi connectivity index (χ1v) is 11.6. The second-order valence-electron chi connectivity index (χ2n) is 8.91. The van der Waals surface area contributed by atoms with Crippen molar-refractivity contribution in [1.29, 1.82) is 0 Å². The van der Waals surface area contributed by atoms with Crippen LogP contribution in [0, 0.1) is 0 Å². The lowest BCUT2D eigenvalue weighted by Gasteiger charge is -2.28. The highest BCUT2D eigenvalue weighted by atomic mass is 35.5. The van der Waals surface area contributed by atoms with Crippen molar-refractivity contribution >= 4 is 11.6 Å². The first-order valence-electron chi connectivity index (χ1n) is 11.2. The van der Waals surface area contributed by atoms with Crippen LogP contribution in [0.1, 0.15) is 84.6 Å². The Kier molecular flexibility index (Phi) is 4.65. The highest BCUT2D eigenvalue weighted by Crippen LogP contribution is 2.43. The number of halogens is 1. The van der Waals surface area contributed by atoms with Crippen molar-refractivity contribution in [2.24, 2.45) is 0 Å². The minimum absolute atomic E-state index is 0.423. The fourth-order valence-electron chi connectivity index (χ4n) is 5.55. The van der Waals surface area contributed by atoms with Gasteiger partial charge in [0.1, 0.15) is 11.6 Å². The van der Waals surface area contributed by atoms with Crippen molar-refractivity contribution in [3.8, 4) is 5.69 Å². The molecule has 1 N–H and O–H groups in total. The maximum atomic E-state index is 6.25. The predicted octanol–water partition coefficient (Wildman–Crippen LogP) is 4.83. The summed E-state index contributed by atoms with van der Waals surface area (Å²) < 4.78 is 7.95. The van der Waals surface area contributed by atoms with Gasteiger partial charge in [0, 0.05) is 35.4 Å². The van der Waals surface area contributed by atoms with Crippen LogP contribution in [0.5, 0.6) is 0 Å². The van der Waals surface area contributed by atoms with E-state index in [-0.39, 0.29) is 0 Å². The summed E-state index contributed by atoms with van der Waals surface area (Å²) >= 11 is 6.25. The summed E-state index contributed by atoms with van der Waals surface area (Å²) in [5.41, 5.74) is 5.02. The zero-order valence-corrected chi connectivity index (χ0v) is 17.8. The van der Waals surface area contributed by atoms with E-state index < -0.39 is 0 Å². The molecule has 6 nitrogen and oxygen atoms in total. The maximum absolute atomic E-state index is 6.25. The molecule has 30 heavy (non-hydrogen) atoms. The minimum Gasteiger partial charge on any atom is -0.361 e. The Bertz CT molecular complexity index is 1080. The van der Waals surface area contributed by atoms with E-state index in [0.717, 1.165) is 79.7 Å². The molecule has 0 atom stereocenters. The van der Waals surface area contributed by atoms with Gasteiger partial charge < -0.3 is 9.84 Å². The van der Waals surface area contributed by atoms with Crippen LogP contribution in [0.15, 0.2) is 22.7 Å². The predicted molar refractivity (Wildman–Crippen MR) is 114 cm³/mol. The fourth-order valence-corrected chi connectivity index (χ4v) is 5.74. The van der Waals surface area contributed by atoms with Gasteiger partial charge in [0.2, 0.25) is 0 Å². The average molecular weight is 424 g/mol. The second-order valence-corrected chi connectivity index (χ2v) is 9.35. The summed E-state index contributed by atoms with van der Waals surface area (Å²) in [5, 5.41) is 17.9. The molecule has 0 bridgehead atoms. The quantitative estimate of drug-likeness (QED) is 0.639. The molecular weight excluding hydrogens is 398 g/mol. The van der Waals surface area contributed by atoms with Crippen molar-refractivity contribution < 1.29 is 4.52 Å². The molecule has 0 unspecified atom stereocenters. The van der Waals surface area contributed by atoms with Gasteiger partial charge in [-0.15, -0.1) is 10.2 Å². The average Bonchev–Trinajstić information content (AvgIpc) is 3.34. The smallest absolute Gasteiger partial charge is 0.151 e. The summed E-state index contributed by atoms with van der Waals surface area (Å²) in [6.07, 6.45) is 9.18. The molecule has 1 aromatic carbocycles. The Morgan fingerprint density at radius 2 is 1.83 bits per heavy atom. The zero-order chi connectivity index (χ0) is 20.1. The molecular formula is C23H26ClN5O. The normalized spacial score (nSPS) is 23.4. The number of hydrogen-bond acceptors (Lipinski definition) is 5. The maximum Gasteiger partial charge on any atom is 0.151 e. The number of nitrogens with zero attached hydrogens (tertiary/aromatic N) is 4. The lowest BCUT2D eigenvalue weighted by atomic mass is 9.78. The third-order valence-corrected chi connectivity index (χ3v) is 7.33. The van der Waals surface area contributed by atoms with E-state index in [4.69, 9.17) is 16.1 Å². The number of fused-ring (bicyclic) bond motifs is 4. The van der Waals surface area contributed by atoms with Crippen molar-refractivity contribution in [3.63, 3.8) is 0 Å². The number of aryl methyl sites for hydroxylation is 1. The topological polar surface area (TPSA) is 68.8 Å². The number of rotatable bonds is 2. The number of nitrogens with one attached hydrogen (secondary N) is 1. The second kappa shape index (κ2) is 7.50. The highest BCUT2D eigenvalue weighted by molar-refractivity contribution is 6.30. The van der Waals surface area contributed by atoms with Gasteiger partial charge in [0.15, 0.2) is 5.82 Å². The molecule has 0 spiro atoms. The molecule has 3 heterocycles. The van der Waals surface area contributed by atoms with Crippen LogP contribution < -0.4 is 5.32 Å². The van der Waals surface area contributed by atoms with Crippen LogP contribution in [0.4, 0.5) is 0 Å². The molecule has 2 aliphatic carbocycles. The molecule has 156 valence electrons. The summed E-state index contributed by atoms with van der Waals surface area (Å²) in [4.78, 5) is 0. The highest BCUT2D eigenvalue weighted by Gasteiger charge is 2.33. The lowest BCUT2D eigenvalue weighted by Crippen LogP contribution is -2.18. The Morgan fingerprint density at radius 3 is 2.73 bits per heavy atom. The van der Waals surface area contributed by atoms with E-state index in [9.17, 15) is 0 Å². The molecule has 1 saturated carbocycles. The third-order valence-electron chi connectivity index (χ3n) is 7.10. The van der Waals surface area contributed by atoms with Gasteiger partial charge in [-0.25, -0.2) is 0 Å². The molecule has 3 aromatic rings. The van der Waals surface area contributed by atoms with Crippen LogP contribution in [0.2, 0.25) is 5.02 Å². The molecule has 0 amide bonds. The fraction of sp³-hybridized carbons (Fsp3) is 0.522. The molecule has 6 rings (SSSR count). The molecule has 1 fully saturated rings. The Hall–Kier alpha value is -2.18. The van der Waals surface area contributed by atoms with Crippen LogP contribution >= 0.6 is 11.6 Å². The van der Waals surface area contributed by atoms with E-state index in [1.807, 2.05) is 12.1 Å². The summed E-state index contributed by atoms with van der Waals surface area (Å²) in [6.45, 7) is 1.52. The van der Waals surface area contributed by atoms with Crippen LogP contribution in [0.3, 0.4) is 0 Å². The van der Waals surface area contributed by atoms with Gasteiger partial charge in [-0.05, 0) is 68.7 Å². The van der Waals surface area contributed by atoms with Gasteiger partial charge >= 0.3 is 0 Å². The van der Waals surface area contributed by atoms with Crippen molar-refractivity contribution in [3.05, 3.63) is 57.5 Å². The van der Waals surface area contributed by atoms with Crippen molar-refractivity contribution in [2.45, 2.75) is 76.3 Å². The molecule has 0 saturated heterocycles. The molecule has 1 aliphatic heterocycles. The number of benzene rings is 1.